The van der Waals surface area contributed by atoms with Gasteiger partial charge < -0.3 is 47.5 Å². The van der Waals surface area contributed by atoms with Crippen LogP contribution in [0.15, 0.2) is 107 Å². The van der Waals surface area contributed by atoms with E-state index in [0.29, 0.717) is 108 Å². The van der Waals surface area contributed by atoms with E-state index in [1.54, 1.807) is 58.4 Å². The number of carboxylic acid groups (broad SMARTS) is 1. The normalized spacial score (nSPS) is 13.6. The molecule has 0 unspecified atom stereocenters. The first-order valence-corrected chi connectivity index (χ1v) is 21.4. The van der Waals surface area contributed by atoms with Crippen LogP contribution in [-0.2, 0) is 33.2 Å². The summed E-state index contributed by atoms with van der Waals surface area (Å²) in [7, 11) is 0.197. The average molecular weight is 893 g/mol. The third-order valence-electron chi connectivity index (χ3n) is 10.4. The van der Waals surface area contributed by atoms with E-state index in [1.165, 1.54) is 0 Å². The van der Waals surface area contributed by atoms with Gasteiger partial charge in [0.15, 0.2) is 0 Å². The first kappa shape index (κ1) is 48.5. The van der Waals surface area contributed by atoms with Gasteiger partial charge in [0.25, 0.3) is 0 Å². The molecule has 0 saturated carbocycles. The summed E-state index contributed by atoms with van der Waals surface area (Å²) in [6.45, 7) is 8.70. The van der Waals surface area contributed by atoms with E-state index in [1.807, 2.05) is 78.9 Å². The summed E-state index contributed by atoms with van der Waals surface area (Å²) in [6, 6.07) is 24.6. The molecule has 2 heterocycles. The molecule has 1 aliphatic rings. The monoisotopic (exact) mass is 892 g/mol. The van der Waals surface area contributed by atoms with Crippen molar-refractivity contribution >= 4 is 64.4 Å². The van der Waals surface area contributed by atoms with Gasteiger partial charge in [-0.25, -0.2) is 9.79 Å². The summed E-state index contributed by atoms with van der Waals surface area (Å²) >= 11 is 0. The standard InChI is InChI=1S/C50H55BF2N2O10/c1-35-33-39(17-13-37-15-19-45(43-11-7-5-9-41(37)43)64-31-29-62-27-25-60-23-21-58-3)54-48(35)47(50(56)57)49-36(2)34-40(55(49)51(52)53)18-14-38-16-20-46(44-12-8-6-10-42(38)44)65-32-30-63-28-26-61-24-22-59-4/h5-20,33-34H,21-32H2,1-4H3,(H,56,57)/b17-13+,18-14+,48-47+. The Balaban J connectivity index is 1.18. The van der Waals surface area contributed by atoms with Crippen LogP contribution in [0.4, 0.5) is 8.63 Å². The second-order valence-corrected chi connectivity index (χ2v) is 14.8. The number of benzene rings is 4. The SMILES string of the molecule is COCCOCCOCCOc1ccc(/C=C/C2=NC(=C(/C(=O)O)c3c(C)cc(/C=C/c4ccc(OCCOCCOCCOC)c5ccccc45)n3B(F)F)/C(C)=C2)c2ccccc12. The molecular weight excluding hydrogens is 837 g/mol. The number of aliphatic imine (C=N–C) groups is 1. The third-order valence-corrected chi connectivity index (χ3v) is 10.4. The minimum Gasteiger partial charge on any atom is -0.491 e. The van der Waals surface area contributed by atoms with Crippen LogP contribution in [0.3, 0.4) is 0 Å². The quantitative estimate of drug-likeness (QED) is 0.0310. The zero-order chi connectivity index (χ0) is 46.0. The lowest BCUT2D eigenvalue weighted by Crippen LogP contribution is -2.20. The molecule has 0 spiro atoms. The highest BCUT2D eigenvalue weighted by molar-refractivity contribution is 6.42. The fourth-order valence-electron chi connectivity index (χ4n) is 7.36. The summed E-state index contributed by atoms with van der Waals surface area (Å²) in [6.07, 6.45) is 8.73. The third kappa shape index (κ3) is 13.1. The smallest absolute Gasteiger partial charge is 0.491 e. The van der Waals surface area contributed by atoms with Gasteiger partial charge in [0.1, 0.15) is 30.3 Å². The second kappa shape index (κ2) is 24.9. The minimum atomic E-state index is -3.05. The Kier molecular flexibility index (Phi) is 18.6. The van der Waals surface area contributed by atoms with Crippen molar-refractivity contribution in [2.75, 3.05) is 93.5 Å². The van der Waals surface area contributed by atoms with Crippen LogP contribution < -0.4 is 9.47 Å². The van der Waals surface area contributed by atoms with Gasteiger partial charge in [-0.2, -0.15) is 0 Å². The number of allylic oxidation sites excluding steroid dienone is 3. The number of methoxy groups -OCH3 is 2. The van der Waals surface area contributed by atoms with Gasteiger partial charge in [0.2, 0.25) is 0 Å². The molecule has 0 amide bonds. The van der Waals surface area contributed by atoms with Gasteiger partial charge in [-0.05, 0) is 83.3 Å². The number of rotatable bonds is 27. The van der Waals surface area contributed by atoms with E-state index in [4.69, 9.17) is 37.9 Å². The van der Waals surface area contributed by atoms with Gasteiger partial charge in [-0.1, -0.05) is 72.8 Å². The number of aryl methyl sites for hydroxylation is 1. The molecule has 65 heavy (non-hydrogen) atoms. The lowest BCUT2D eigenvalue weighted by molar-refractivity contribution is -0.130. The Hall–Kier alpha value is -5.94. The van der Waals surface area contributed by atoms with Gasteiger partial charge >= 0.3 is 13.4 Å². The number of nitrogens with zero attached hydrogens (tertiary/aromatic N) is 2. The van der Waals surface area contributed by atoms with Gasteiger partial charge in [-0.3, -0.25) is 8.63 Å². The van der Waals surface area contributed by atoms with Crippen LogP contribution >= 0.6 is 0 Å². The van der Waals surface area contributed by atoms with Crippen molar-refractivity contribution in [1.29, 1.82) is 0 Å². The van der Waals surface area contributed by atoms with Gasteiger partial charge in [0.05, 0.1) is 83.2 Å². The molecule has 0 aliphatic carbocycles. The van der Waals surface area contributed by atoms with Crippen molar-refractivity contribution in [2.24, 2.45) is 4.99 Å². The summed E-state index contributed by atoms with van der Waals surface area (Å²) in [5.74, 6) is -0.00446. The number of fused-ring (bicyclic) bond motifs is 2. The van der Waals surface area contributed by atoms with Gasteiger partial charge in [-0.15, -0.1) is 0 Å². The van der Waals surface area contributed by atoms with E-state index in [0.717, 1.165) is 37.1 Å². The first-order chi connectivity index (χ1) is 31.7. The topological polar surface area (TPSA) is 128 Å². The van der Waals surface area contributed by atoms with E-state index in [9.17, 15) is 9.90 Å². The Morgan fingerprint density at radius 3 is 1.57 bits per heavy atom. The maximum Gasteiger partial charge on any atom is 0.678 e. The van der Waals surface area contributed by atoms with E-state index < -0.39 is 13.4 Å². The molecule has 0 radical (unpaired) electrons. The van der Waals surface area contributed by atoms with Gasteiger partial charge in [0, 0.05) is 30.7 Å². The number of carboxylic acids is 1. The predicted octanol–water partition coefficient (Wildman–Crippen LogP) is 9.07. The van der Waals surface area contributed by atoms with Crippen LogP contribution in [0.2, 0.25) is 0 Å². The van der Waals surface area contributed by atoms with Crippen molar-refractivity contribution in [3.05, 3.63) is 130 Å². The molecule has 4 aromatic carbocycles. The molecule has 1 aliphatic heterocycles. The summed E-state index contributed by atoms with van der Waals surface area (Å²) in [4.78, 5) is 17.7. The molecule has 12 nitrogen and oxygen atoms in total. The Morgan fingerprint density at radius 1 is 0.631 bits per heavy atom. The van der Waals surface area contributed by atoms with Crippen molar-refractivity contribution < 1.29 is 56.4 Å². The van der Waals surface area contributed by atoms with Crippen molar-refractivity contribution in [3.63, 3.8) is 0 Å². The number of hydrogen-bond donors (Lipinski definition) is 1. The average Bonchev–Trinajstić information content (AvgIpc) is 3.84. The maximum absolute atomic E-state index is 15.1. The zero-order valence-corrected chi connectivity index (χ0v) is 37.2. The fraction of sp³-hybridized carbons (Fsp3) is 0.320. The van der Waals surface area contributed by atoms with Crippen molar-refractivity contribution in [1.82, 2.24) is 4.48 Å². The second-order valence-electron chi connectivity index (χ2n) is 14.8. The molecule has 0 atom stereocenters. The molecule has 342 valence electrons. The molecule has 1 N–H and O–H groups in total. The molecule has 15 heteroatoms. The lowest BCUT2D eigenvalue weighted by atomic mass is 10.0. The summed E-state index contributed by atoms with van der Waals surface area (Å²) in [5, 5.41) is 14.2. The molecule has 1 aromatic heterocycles. The number of ether oxygens (including phenoxy) is 8. The fourth-order valence-corrected chi connectivity index (χ4v) is 7.36. The largest absolute Gasteiger partial charge is 0.678 e. The van der Waals surface area contributed by atoms with Crippen LogP contribution in [0.25, 0.3) is 45.3 Å². The van der Waals surface area contributed by atoms with Crippen LogP contribution in [-0.4, -0.2) is 122 Å². The van der Waals surface area contributed by atoms with Crippen molar-refractivity contribution in [3.8, 4) is 11.5 Å². The zero-order valence-electron chi connectivity index (χ0n) is 37.2. The van der Waals surface area contributed by atoms with Crippen LogP contribution in [0, 0.1) is 6.92 Å². The first-order valence-electron chi connectivity index (χ1n) is 21.4. The summed E-state index contributed by atoms with van der Waals surface area (Å²) in [5.41, 5.74) is 2.84. The molecule has 0 saturated heterocycles. The van der Waals surface area contributed by atoms with Crippen LogP contribution in [0.1, 0.15) is 35.0 Å². The Bertz CT molecular complexity index is 2550. The molecule has 0 fully saturated rings. The lowest BCUT2D eigenvalue weighted by Gasteiger charge is -2.13. The summed E-state index contributed by atoms with van der Waals surface area (Å²) < 4.78 is 75.1. The predicted molar refractivity (Wildman–Crippen MR) is 252 cm³/mol. The highest BCUT2D eigenvalue weighted by Crippen LogP contribution is 2.35. The van der Waals surface area contributed by atoms with E-state index >= 15 is 8.63 Å². The Labute approximate surface area is 378 Å². The number of hydrogen-bond acceptors (Lipinski definition) is 10. The Morgan fingerprint density at radius 2 is 1.09 bits per heavy atom. The van der Waals surface area contributed by atoms with Crippen molar-refractivity contribution in [2.45, 2.75) is 13.8 Å². The minimum absolute atomic E-state index is 0.107. The van der Waals surface area contributed by atoms with E-state index in [-0.39, 0.29) is 22.7 Å². The number of halogens is 2. The number of aromatic nitrogens is 1. The number of carbonyl (C=O) groups is 1. The maximum atomic E-state index is 15.1. The van der Waals surface area contributed by atoms with E-state index in [2.05, 4.69) is 4.99 Å². The molecule has 6 rings (SSSR count). The molecule has 0 bridgehead atoms. The highest BCUT2D eigenvalue weighted by atomic mass is 19.2. The number of aliphatic carboxylic acids is 1. The highest BCUT2D eigenvalue weighted by Gasteiger charge is 2.32. The molecule has 5 aromatic rings. The molecular formula is C50H55BF2N2O10. The van der Waals surface area contributed by atoms with Crippen LogP contribution in [0.5, 0.6) is 11.5 Å².